The molecule has 3 aromatic carbocycles. The number of hydrogen-bond acceptors (Lipinski definition) is 4. The lowest BCUT2D eigenvalue weighted by Crippen LogP contribution is -2.38. The van der Waals surface area contributed by atoms with Crippen LogP contribution in [0.25, 0.3) is 21.7 Å². The zero-order valence-corrected chi connectivity index (χ0v) is 15.5. The van der Waals surface area contributed by atoms with Crippen molar-refractivity contribution in [2.24, 2.45) is 0 Å². The quantitative estimate of drug-likeness (QED) is 0.551. The number of rotatable bonds is 5. The number of para-hydroxylation sites is 1. The van der Waals surface area contributed by atoms with Crippen molar-refractivity contribution in [2.75, 3.05) is 6.54 Å². The van der Waals surface area contributed by atoms with Gasteiger partial charge in [0, 0.05) is 11.9 Å². The molecule has 0 amide bonds. The summed E-state index contributed by atoms with van der Waals surface area (Å²) in [6.07, 6.45) is 0. The van der Waals surface area contributed by atoms with E-state index in [1.807, 2.05) is 42.5 Å². The van der Waals surface area contributed by atoms with Gasteiger partial charge < -0.3 is 9.52 Å². The summed E-state index contributed by atoms with van der Waals surface area (Å²) in [5, 5.41) is 13.4. The van der Waals surface area contributed by atoms with Crippen LogP contribution in [0.3, 0.4) is 0 Å². The van der Waals surface area contributed by atoms with Crippen molar-refractivity contribution in [1.29, 1.82) is 0 Å². The summed E-state index contributed by atoms with van der Waals surface area (Å²) in [5.74, 6) is 0.310. The lowest BCUT2D eigenvalue weighted by molar-refractivity contribution is 0.0412. The third-order valence-corrected chi connectivity index (χ3v) is 5.99. The number of aliphatic hydroxyl groups is 1. The van der Waals surface area contributed by atoms with Crippen molar-refractivity contribution in [2.45, 2.75) is 17.4 Å². The first-order chi connectivity index (χ1) is 12.9. The Labute approximate surface area is 157 Å². The summed E-state index contributed by atoms with van der Waals surface area (Å²) < 4.78 is 33.5. The number of hydrogen-bond donors (Lipinski definition) is 2. The number of benzene rings is 3. The van der Waals surface area contributed by atoms with Crippen LogP contribution in [0.4, 0.5) is 0 Å². The van der Waals surface area contributed by atoms with Crippen molar-refractivity contribution >= 4 is 31.8 Å². The Bertz CT molecular complexity index is 1190. The van der Waals surface area contributed by atoms with E-state index < -0.39 is 15.6 Å². The van der Waals surface area contributed by atoms with Crippen LogP contribution in [0.1, 0.15) is 12.7 Å². The monoisotopic (exact) mass is 381 g/mol. The second-order valence-corrected chi connectivity index (χ2v) is 8.52. The standard InChI is InChI=1S/C21H19NO4S/c1-21(23,20-13-17-8-4-5-9-19(17)26-20)14-22-27(24,25)18-11-10-15-6-2-3-7-16(15)12-18/h2-13,22-23H,14H2,1H3. The van der Waals surface area contributed by atoms with E-state index in [0.717, 1.165) is 16.2 Å². The van der Waals surface area contributed by atoms with E-state index >= 15 is 0 Å². The summed E-state index contributed by atoms with van der Waals surface area (Å²) in [6, 6.07) is 21.6. The second-order valence-electron chi connectivity index (χ2n) is 6.76. The van der Waals surface area contributed by atoms with Gasteiger partial charge in [0.2, 0.25) is 10.0 Å². The Morgan fingerprint density at radius 3 is 2.33 bits per heavy atom. The third kappa shape index (κ3) is 3.47. The van der Waals surface area contributed by atoms with Gasteiger partial charge in [-0.2, -0.15) is 0 Å². The highest BCUT2D eigenvalue weighted by molar-refractivity contribution is 7.89. The normalized spacial score (nSPS) is 14.4. The molecular formula is C21H19NO4S. The van der Waals surface area contributed by atoms with Crippen LogP contribution in [-0.2, 0) is 15.6 Å². The van der Waals surface area contributed by atoms with E-state index in [0.29, 0.717) is 11.3 Å². The molecule has 1 unspecified atom stereocenters. The lowest BCUT2D eigenvalue weighted by Gasteiger charge is -2.21. The molecule has 5 nitrogen and oxygen atoms in total. The topological polar surface area (TPSA) is 79.5 Å². The van der Waals surface area contributed by atoms with Crippen LogP contribution in [-0.4, -0.2) is 20.1 Å². The summed E-state index contributed by atoms with van der Waals surface area (Å²) in [7, 11) is -3.77. The minimum Gasteiger partial charge on any atom is -0.458 e. The fourth-order valence-electron chi connectivity index (χ4n) is 2.99. The highest BCUT2D eigenvalue weighted by atomic mass is 32.2. The van der Waals surface area contributed by atoms with Gasteiger partial charge in [0.05, 0.1) is 4.90 Å². The first-order valence-corrected chi connectivity index (χ1v) is 10.0. The summed E-state index contributed by atoms with van der Waals surface area (Å²) in [5.41, 5.74) is -0.840. The van der Waals surface area contributed by atoms with Gasteiger partial charge in [0.1, 0.15) is 16.9 Å². The molecule has 0 aliphatic carbocycles. The van der Waals surface area contributed by atoms with E-state index in [4.69, 9.17) is 4.42 Å². The maximum atomic E-state index is 12.7. The molecule has 0 aliphatic rings. The van der Waals surface area contributed by atoms with Crippen molar-refractivity contribution in [3.05, 3.63) is 78.6 Å². The molecule has 6 heteroatoms. The molecule has 4 rings (SSSR count). The number of sulfonamides is 1. The van der Waals surface area contributed by atoms with Crippen molar-refractivity contribution in [3.63, 3.8) is 0 Å². The van der Waals surface area contributed by atoms with Gasteiger partial charge in [-0.15, -0.1) is 0 Å². The van der Waals surface area contributed by atoms with Gasteiger partial charge in [-0.25, -0.2) is 13.1 Å². The summed E-state index contributed by atoms with van der Waals surface area (Å²) in [4.78, 5) is 0.154. The third-order valence-electron chi connectivity index (χ3n) is 4.59. The maximum absolute atomic E-state index is 12.7. The average Bonchev–Trinajstić information content (AvgIpc) is 3.11. The molecule has 4 aromatic rings. The first kappa shape index (κ1) is 17.7. The second kappa shape index (κ2) is 6.49. The molecule has 138 valence electrons. The first-order valence-electron chi connectivity index (χ1n) is 8.55. The Kier molecular flexibility index (Phi) is 4.26. The number of fused-ring (bicyclic) bond motifs is 2. The van der Waals surface area contributed by atoms with Gasteiger partial charge in [0.15, 0.2) is 0 Å². The fraction of sp³-hybridized carbons (Fsp3) is 0.143. The lowest BCUT2D eigenvalue weighted by atomic mass is 10.0. The largest absolute Gasteiger partial charge is 0.458 e. The Morgan fingerprint density at radius 2 is 1.59 bits per heavy atom. The Hall–Kier alpha value is -2.67. The van der Waals surface area contributed by atoms with Crippen molar-refractivity contribution in [1.82, 2.24) is 4.72 Å². The van der Waals surface area contributed by atoms with Crippen LogP contribution in [0, 0.1) is 0 Å². The van der Waals surface area contributed by atoms with E-state index in [1.165, 1.54) is 6.92 Å². The molecule has 27 heavy (non-hydrogen) atoms. The molecule has 0 bridgehead atoms. The Balaban J connectivity index is 1.58. The summed E-state index contributed by atoms with van der Waals surface area (Å²) in [6.45, 7) is 1.32. The molecule has 1 aromatic heterocycles. The molecular weight excluding hydrogens is 362 g/mol. The van der Waals surface area contributed by atoms with Crippen LogP contribution < -0.4 is 4.72 Å². The van der Waals surface area contributed by atoms with E-state index in [9.17, 15) is 13.5 Å². The van der Waals surface area contributed by atoms with Crippen molar-refractivity contribution < 1.29 is 17.9 Å². The highest BCUT2D eigenvalue weighted by Gasteiger charge is 2.30. The molecule has 0 saturated heterocycles. The zero-order chi connectivity index (χ0) is 19.1. The average molecular weight is 381 g/mol. The minimum absolute atomic E-state index is 0.154. The molecule has 0 spiro atoms. The van der Waals surface area contributed by atoms with Gasteiger partial charge >= 0.3 is 0 Å². The fourth-order valence-corrected chi connectivity index (χ4v) is 4.15. The zero-order valence-electron chi connectivity index (χ0n) is 14.7. The van der Waals surface area contributed by atoms with Gasteiger partial charge in [0.25, 0.3) is 0 Å². The van der Waals surface area contributed by atoms with E-state index in [-0.39, 0.29) is 11.4 Å². The smallest absolute Gasteiger partial charge is 0.240 e. The van der Waals surface area contributed by atoms with Gasteiger partial charge in [-0.3, -0.25) is 0 Å². The predicted octanol–water partition coefficient (Wildman–Crippen LogP) is 3.77. The van der Waals surface area contributed by atoms with Crippen LogP contribution in [0.15, 0.2) is 82.1 Å². The molecule has 0 aliphatic heterocycles. The number of nitrogens with one attached hydrogen (secondary N) is 1. The SMILES string of the molecule is CC(O)(CNS(=O)(=O)c1ccc2ccccc2c1)c1cc2ccccc2o1. The van der Waals surface area contributed by atoms with Gasteiger partial charge in [-0.05, 0) is 42.0 Å². The molecule has 1 atom stereocenters. The molecule has 1 heterocycles. The maximum Gasteiger partial charge on any atom is 0.240 e. The van der Waals surface area contributed by atoms with Crippen LogP contribution in [0.2, 0.25) is 0 Å². The molecule has 0 fully saturated rings. The highest BCUT2D eigenvalue weighted by Crippen LogP contribution is 2.28. The van der Waals surface area contributed by atoms with Crippen molar-refractivity contribution in [3.8, 4) is 0 Å². The number of furan rings is 1. The molecule has 2 N–H and O–H groups in total. The predicted molar refractivity (Wildman–Crippen MR) is 105 cm³/mol. The Morgan fingerprint density at radius 1 is 0.926 bits per heavy atom. The summed E-state index contributed by atoms with van der Waals surface area (Å²) >= 11 is 0. The van der Waals surface area contributed by atoms with E-state index in [2.05, 4.69) is 4.72 Å². The molecule has 0 saturated carbocycles. The molecule has 0 radical (unpaired) electrons. The van der Waals surface area contributed by atoms with Gasteiger partial charge in [-0.1, -0.05) is 48.5 Å². The van der Waals surface area contributed by atoms with Crippen LogP contribution in [0.5, 0.6) is 0 Å². The minimum atomic E-state index is -3.77. The van der Waals surface area contributed by atoms with Crippen LogP contribution >= 0.6 is 0 Å². The van der Waals surface area contributed by atoms with E-state index in [1.54, 1.807) is 30.3 Å².